The molecule has 0 radical (unpaired) electrons. The standard InChI is InChI=1S/C13H11FN2O5S/c1-21-10-3-5-11(6-4-10)22(19,20)15-13-8-9(16(17)18)2-7-12(13)14/h2-8,15H,1H3. The predicted molar refractivity (Wildman–Crippen MR) is 76.9 cm³/mol. The van der Waals surface area contributed by atoms with Gasteiger partial charge in [-0.25, -0.2) is 12.8 Å². The van der Waals surface area contributed by atoms with Gasteiger partial charge in [0.15, 0.2) is 0 Å². The Bertz CT molecular complexity index is 806. The van der Waals surface area contributed by atoms with Crippen LogP contribution in [-0.4, -0.2) is 20.5 Å². The maximum atomic E-state index is 13.6. The molecule has 0 unspecified atom stereocenters. The first kappa shape index (κ1) is 15.7. The van der Waals surface area contributed by atoms with Crippen LogP contribution in [0, 0.1) is 15.9 Å². The normalized spacial score (nSPS) is 11.0. The van der Waals surface area contributed by atoms with E-state index in [1.807, 2.05) is 4.72 Å². The van der Waals surface area contributed by atoms with Crippen LogP contribution in [0.1, 0.15) is 0 Å². The molecule has 0 atom stereocenters. The first-order chi connectivity index (χ1) is 10.3. The van der Waals surface area contributed by atoms with Gasteiger partial charge in [0.1, 0.15) is 11.6 Å². The number of nitro benzene ring substituents is 1. The van der Waals surface area contributed by atoms with Crippen molar-refractivity contribution in [1.29, 1.82) is 0 Å². The van der Waals surface area contributed by atoms with Gasteiger partial charge in [-0.3, -0.25) is 14.8 Å². The van der Waals surface area contributed by atoms with Gasteiger partial charge in [0.2, 0.25) is 0 Å². The van der Waals surface area contributed by atoms with E-state index in [0.717, 1.165) is 18.2 Å². The van der Waals surface area contributed by atoms with Crippen LogP contribution in [0.5, 0.6) is 5.75 Å². The summed E-state index contributed by atoms with van der Waals surface area (Å²) < 4.78 is 44.8. The van der Waals surface area contributed by atoms with Gasteiger partial charge in [0.25, 0.3) is 15.7 Å². The summed E-state index contributed by atoms with van der Waals surface area (Å²) in [7, 11) is -2.64. The molecule has 1 N–H and O–H groups in total. The number of methoxy groups -OCH3 is 1. The first-order valence-corrected chi connectivity index (χ1v) is 7.42. The molecule has 116 valence electrons. The Hall–Kier alpha value is -2.68. The number of nitrogens with one attached hydrogen (secondary N) is 1. The molecular weight excluding hydrogens is 315 g/mol. The zero-order valence-corrected chi connectivity index (χ0v) is 12.1. The number of rotatable bonds is 5. The summed E-state index contributed by atoms with van der Waals surface area (Å²) in [6.07, 6.45) is 0. The van der Waals surface area contributed by atoms with E-state index in [1.54, 1.807) is 0 Å². The summed E-state index contributed by atoms with van der Waals surface area (Å²) in [5.41, 5.74) is -0.918. The molecule has 0 aliphatic rings. The molecule has 2 rings (SSSR count). The second-order valence-corrected chi connectivity index (χ2v) is 5.88. The fourth-order valence-corrected chi connectivity index (χ4v) is 2.72. The SMILES string of the molecule is COc1ccc(S(=O)(=O)Nc2cc([N+](=O)[O-])ccc2F)cc1. The highest BCUT2D eigenvalue weighted by Gasteiger charge is 2.18. The number of nitrogens with zero attached hydrogens (tertiary/aromatic N) is 1. The Morgan fingerprint density at radius 1 is 1.18 bits per heavy atom. The average molecular weight is 326 g/mol. The van der Waals surface area contributed by atoms with E-state index in [9.17, 15) is 22.9 Å². The van der Waals surface area contributed by atoms with Crippen molar-refractivity contribution in [3.05, 3.63) is 58.4 Å². The molecule has 0 amide bonds. The number of sulfonamides is 1. The number of halogens is 1. The minimum Gasteiger partial charge on any atom is -0.497 e. The Balaban J connectivity index is 2.35. The second-order valence-electron chi connectivity index (χ2n) is 4.20. The Morgan fingerprint density at radius 2 is 1.82 bits per heavy atom. The number of non-ortho nitro benzene ring substituents is 1. The molecule has 0 aliphatic carbocycles. The lowest BCUT2D eigenvalue weighted by Crippen LogP contribution is -2.14. The Morgan fingerprint density at radius 3 is 2.36 bits per heavy atom. The molecule has 0 heterocycles. The highest BCUT2D eigenvalue weighted by atomic mass is 32.2. The van der Waals surface area contributed by atoms with Crippen LogP contribution in [0.25, 0.3) is 0 Å². The van der Waals surface area contributed by atoms with Crippen LogP contribution in [0.4, 0.5) is 15.8 Å². The lowest BCUT2D eigenvalue weighted by atomic mass is 10.3. The average Bonchev–Trinajstić information content (AvgIpc) is 2.49. The molecule has 0 spiro atoms. The van der Waals surface area contributed by atoms with Gasteiger partial charge in [-0.1, -0.05) is 0 Å². The molecule has 2 aromatic rings. The van der Waals surface area contributed by atoms with E-state index in [-0.39, 0.29) is 4.90 Å². The number of ether oxygens (including phenoxy) is 1. The smallest absolute Gasteiger partial charge is 0.271 e. The van der Waals surface area contributed by atoms with E-state index in [2.05, 4.69) is 0 Å². The van der Waals surface area contributed by atoms with Gasteiger partial charge in [0, 0.05) is 12.1 Å². The molecule has 9 heteroatoms. The Kier molecular flexibility index (Phi) is 4.27. The number of hydrogen-bond donors (Lipinski definition) is 1. The van der Waals surface area contributed by atoms with E-state index in [0.29, 0.717) is 5.75 Å². The summed E-state index contributed by atoms with van der Waals surface area (Å²) in [6.45, 7) is 0. The van der Waals surface area contributed by atoms with Crippen LogP contribution in [-0.2, 0) is 10.0 Å². The number of anilines is 1. The lowest BCUT2D eigenvalue weighted by Gasteiger charge is -2.09. The van der Waals surface area contributed by atoms with Crippen molar-refractivity contribution in [2.24, 2.45) is 0 Å². The van der Waals surface area contributed by atoms with Crippen molar-refractivity contribution < 1.29 is 22.5 Å². The van der Waals surface area contributed by atoms with E-state index in [4.69, 9.17) is 4.74 Å². The third-order valence-corrected chi connectivity index (χ3v) is 4.16. The highest BCUT2D eigenvalue weighted by molar-refractivity contribution is 7.92. The molecule has 0 fully saturated rings. The molecule has 0 saturated carbocycles. The summed E-state index contributed by atoms with van der Waals surface area (Å²) in [6, 6.07) is 7.99. The van der Waals surface area contributed by atoms with Crippen molar-refractivity contribution in [2.75, 3.05) is 11.8 Å². The molecule has 0 saturated heterocycles. The molecule has 7 nitrogen and oxygen atoms in total. The third-order valence-electron chi connectivity index (χ3n) is 2.77. The number of nitro groups is 1. The van der Waals surface area contributed by atoms with Gasteiger partial charge in [-0.05, 0) is 30.3 Å². The van der Waals surface area contributed by atoms with Crippen LogP contribution in [0.15, 0.2) is 47.4 Å². The molecule has 2 aromatic carbocycles. The van der Waals surface area contributed by atoms with Gasteiger partial charge >= 0.3 is 0 Å². The van der Waals surface area contributed by atoms with Crippen molar-refractivity contribution in [2.45, 2.75) is 4.90 Å². The van der Waals surface area contributed by atoms with Crippen molar-refractivity contribution in [1.82, 2.24) is 0 Å². The van der Waals surface area contributed by atoms with Crippen molar-refractivity contribution >= 4 is 21.4 Å². The summed E-state index contributed by atoms with van der Waals surface area (Å²) in [4.78, 5) is 9.79. The summed E-state index contributed by atoms with van der Waals surface area (Å²) in [5.74, 6) is -0.455. The summed E-state index contributed by atoms with van der Waals surface area (Å²) >= 11 is 0. The minimum atomic E-state index is -4.07. The van der Waals surface area contributed by atoms with Crippen LogP contribution >= 0.6 is 0 Å². The van der Waals surface area contributed by atoms with E-state index in [1.165, 1.54) is 31.4 Å². The highest BCUT2D eigenvalue weighted by Crippen LogP contribution is 2.24. The van der Waals surface area contributed by atoms with Gasteiger partial charge in [-0.2, -0.15) is 0 Å². The zero-order chi connectivity index (χ0) is 16.3. The van der Waals surface area contributed by atoms with Crippen LogP contribution in [0.3, 0.4) is 0 Å². The second kappa shape index (κ2) is 5.98. The van der Waals surface area contributed by atoms with E-state index >= 15 is 0 Å². The first-order valence-electron chi connectivity index (χ1n) is 5.94. The number of hydrogen-bond acceptors (Lipinski definition) is 5. The van der Waals surface area contributed by atoms with Gasteiger partial charge in [-0.15, -0.1) is 0 Å². The fourth-order valence-electron chi connectivity index (χ4n) is 1.66. The molecule has 0 aromatic heterocycles. The van der Waals surface area contributed by atoms with E-state index < -0.39 is 32.1 Å². The van der Waals surface area contributed by atoms with Crippen molar-refractivity contribution in [3.8, 4) is 5.75 Å². The number of benzene rings is 2. The topological polar surface area (TPSA) is 98.5 Å². The van der Waals surface area contributed by atoms with Gasteiger partial charge in [0.05, 0.1) is 22.6 Å². The Labute approximate surface area is 125 Å². The molecule has 0 aliphatic heterocycles. The minimum absolute atomic E-state index is 0.126. The predicted octanol–water partition coefficient (Wildman–Crippen LogP) is 2.54. The molecular formula is C13H11FN2O5S. The molecule has 22 heavy (non-hydrogen) atoms. The zero-order valence-electron chi connectivity index (χ0n) is 11.3. The monoisotopic (exact) mass is 326 g/mol. The molecule has 0 bridgehead atoms. The quantitative estimate of drug-likeness (QED) is 0.672. The van der Waals surface area contributed by atoms with Crippen molar-refractivity contribution in [3.63, 3.8) is 0 Å². The largest absolute Gasteiger partial charge is 0.497 e. The summed E-state index contributed by atoms with van der Waals surface area (Å²) in [5, 5.41) is 10.7. The third kappa shape index (κ3) is 3.31. The van der Waals surface area contributed by atoms with Crippen LogP contribution in [0.2, 0.25) is 0 Å². The maximum absolute atomic E-state index is 13.6. The van der Waals surface area contributed by atoms with Gasteiger partial charge < -0.3 is 4.74 Å². The van der Waals surface area contributed by atoms with Crippen LogP contribution < -0.4 is 9.46 Å². The maximum Gasteiger partial charge on any atom is 0.271 e. The fraction of sp³-hybridized carbons (Fsp3) is 0.0769. The lowest BCUT2D eigenvalue weighted by molar-refractivity contribution is -0.384.